The topological polar surface area (TPSA) is 42.7 Å². The Balaban J connectivity index is 1.67. The van der Waals surface area contributed by atoms with Crippen molar-refractivity contribution >= 4 is 5.91 Å². The summed E-state index contributed by atoms with van der Waals surface area (Å²) in [5.41, 5.74) is 1.85. The predicted octanol–water partition coefficient (Wildman–Crippen LogP) is 3.12. The van der Waals surface area contributed by atoms with E-state index in [4.69, 9.17) is 9.15 Å². The molecule has 0 N–H and O–H groups in total. The largest absolute Gasteiger partial charge is 0.456 e. The van der Waals surface area contributed by atoms with Crippen LogP contribution in [0, 0.1) is 19.7 Å². The summed E-state index contributed by atoms with van der Waals surface area (Å²) >= 11 is 0. The average Bonchev–Trinajstić information content (AvgIpc) is 2.88. The van der Waals surface area contributed by atoms with Crippen molar-refractivity contribution in [2.75, 3.05) is 19.7 Å². The van der Waals surface area contributed by atoms with Gasteiger partial charge in [-0.2, -0.15) is 0 Å². The maximum absolute atomic E-state index is 13.0. The van der Waals surface area contributed by atoms with Gasteiger partial charge in [0.1, 0.15) is 11.6 Å². The van der Waals surface area contributed by atoms with Crippen LogP contribution in [0.2, 0.25) is 0 Å². The minimum atomic E-state index is -0.251. The highest BCUT2D eigenvalue weighted by Crippen LogP contribution is 2.19. The van der Waals surface area contributed by atoms with E-state index < -0.39 is 0 Å². The molecule has 0 bridgehead atoms. The van der Waals surface area contributed by atoms with Crippen LogP contribution in [0.3, 0.4) is 0 Å². The van der Waals surface area contributed by atoms with E-state index in [-0.39, 0.29) is 17.8 Å². The third-order valence-electron chi connectivity index (χ3n) is 4.04. The Morgan fingerprint density at radius 2 is 2.04 bits per heavy atom. The second-order valence-corrected chi connectivity index (χ2v) is 5.94. The molecule has 1 aliphatic rings. The lowest BCUT2D eigenvalue weighted by molar-refractivity contribution is -0.0218. The fourth-order valence-corrected chi connectivity index (χ4v) is 2.91. The summed E-state index contributed by atoms with van der Waals surface area (Å²) in [6.45, 7) is 5.27. The lowest BCUT2D eigenvalue weighted by atomic mass is 10.1. The first-order chi connectivity index (χ1) is 11.0. The Bertz CT molecular complexity index is 693. The molecule has 2 heterocycles. The van der Waals surface area contributed by atoms with Gasteiger partial charge in [0.05, 0.1) is 12.7 Å². The number of morpholine rings is 1. The van der Waals surface area contributed by atoms with Gasteiger partial charge in [-0.05, 0) is 37.6 Å². The molecule has 1 fully saturated rings. The number of benzene rings is 1. The van der Waals surface area contributed by atoms with E-state index in [2.05, 4.69) is 0 Å². The Morgan fingerprint density at radius 3 is 2.70 bits per heavy atom. The molecule has 2 aromatic rings. The monoisotopic (exact) mass is 317 g/mol. The highest BCUT2D eigenvalue weighted by Gasteiger charge is 2.28. The van der Waals surface area contributed by atoms with Crippen LogP contribution in [-0.4, -0.2) is 36.6 Å². The summed E-state index contributed by atoms with van der Waals surface area (Å²) in [5.74, 6) is 0.800. The average molecular weight is 317 g/mol. The molecule has 1 aromatic heterocycles. The normalized spacial score (nSPS) is 18.2. The number of carbonyl (C=O) groups excluding carboxylic acids is 1. The number of amides is 1. The molecule has 1 aliphatic heterocycles. The molecule has 1 atom stereocenters. The van der Waals surface area contributed by atoms with Gasteiger partial charge in [0.2, 0.25) is 0 Å². The summed E-state index contributed by atoms with van der Waals surface area (Å²) < 4.78 is 24.2. The lowest BCUT2D eigenvalue weighted by Crippen LogP contribution is -2.46. The summed E-state index contributed by atoms with van der Waals surface area (Å²) in [6.07, 6.45) is 0.565. The number of carbonyl (C=O) groups is 1. The van der Waals surface area contributed by atoms with E-state index in [1.165, 1.54) is 12.1 Å². The molecule has 0 aliphatic carbocycles. The number of ether oxygens (including phenoxy) is 1. The number of nitrogens with zero attached hydrogens (tertiary/aromatic N) is 1. The molecule has 23 heavy (non-hydrogen) atoms. The van der Waals surface area contributed by atoms with Gasteiger partial charge in [0.15, 0.2) is 5.76 Å². The second-order valence-electron chi connectivity index (χ2n) is 5.94. The quantitative estimate of drug-likeness (QED) is 0.873. The minimum Gasteiger partial charge on any atom is -0.456 e. The molecule has 3 rings (SSSR count). The number of rotatable bonds is 3. The van der Waals surface area contributed by atoms with Gasteiger partial charge in [0.25, 0.3) is 5.91 Å². The Labute approximate surface area is 134 Å². The molecule has 0 spiro atoms. The van der Waals surface area contributed by atoms with Crippen molar-refractivity contribution in [2.45, 2.75) is 26.4 Å². The third kappa shape index (κ3) is 3.62. The van der Waals surface area contributed by atoms with E-state index in [1.54, 1.807) is 17.0 Å². The lowest BCUT2D eigenvalue weighted by Gasteiger charge is -2.32. The molecular formula is C18H20FNO3. The molecular weight excluding hydrogens is 297 g/mol. The Hall–Kier alpha value is -2.14. The summed E-state index contributed by atoms with van der Waals surface area (Å²) in [7, 11) is 0. The van der Waals surface area contributed by atoms with Crippen molar-refractivity contribution in [1.82, 2.24) is 4.90 Å². The van der Waals surface area contributed by atoms with Gasteiger partial charge in [-0.1, -0.05) is 12.1 Å². The van der Waals surface area contributed by atoms with E-state index in [0.717, 1.165) is 16.9 Å². The summed E-state index contributed by atoms with van der Waals surface area (Å²) in [6, 6.07) is 8.24. The Kier molecular flexibility index (Phi) is 4.48. The van der Waals surface area contributed by atoms with Gasteiger partial charge >= 0.3 is 0 Å². The third-order valence-corrected chi connectivity index (χ3v) is 4.04. The van der Waals surface area contributed by atoms with Gasteiger partial charge in [-0.15, -0.1) is 0 Å². The van der Waals surface area contributed by atoms with Gasteiger partial charge in [-0.25, -0.2) is 4.39 Å². The van der Waals surface area contributed by atoms with E-state index in [0.29, 0.717) is 31.9 Å². The number of furan rings is 1. The van der Waals surface area contributed by atoms with E-state index >= 15 is 0 Å². The number of halogens is 1. The Morgan fingerprint density at radius 1 is 1.30 bits per heavy atom. The van der Waals surface area contributed by atoms with Crippen molar-refractivity contribution in [3.05, 3.63) is 58.8 Å². The van der Waals surface area contributed by atoms with Crippen LogP contribution in [0.15, 0.2) is 34.7 Å². The first-order valence-electron chi connectivity index (χ1n) is 7.75. The van der Waals surface area contributed by atoms with Crippen LogP contribution in [0.5, 0.6) is 0 Å². The molecule has 4 nitrogen and oxygen atoms in total. The van der Waals surface area contributed by atoms with Crippen molar-refractivity contribution in [2.24, 2.45) is 0 Å². The number of hydrogen-bond acceptors (Lipinski definition) is 3. The predicted molar refractivity (Wildman–Crippen MR) is 83.9 cm³/mol. The maximum atomic E-state index is 13.0. The summed E-state index contributed by atoms with van der Waals surface area (Å²) in [5, 5.41) is 0. The zero-order valence-corrected chi connectivity index (χ0v) is 13.3. The maximum Gasteiger partial charge on any atom is 0.290 e. The first kappa shape index (κ1) is 15.7. The highest BCUT2D eigenvalue weighted by atomic mass is 19.1. The van der Waals surface area contributed by atoms with Crippen LogP contribution in [-0.2, 0) is 11.2 Å². The molecule has 122 valence electrons. The molecule has 1 saturated heterocycles. The standard InChI is InChI=1S/C18H20FNO3/c1-12-9-13(2)23-17(12)18(21)20-7-8-22-16(11-20)10-14-3-5-15(19)6-4-14/h3-6,9,16H,7-8,10-11H2,1-2H3/t16-/m0/s1. The fraction of sp³-hybridized carbons (Fsp3) is 0.389. The minimum absolute atomic E-state index is 0.0884. The summed E-state index contributed by atoms with van der Waals surface area (Å²) in [4.78, 5) is 14.4. The van der Waals surface area contributed by atoms with Gasteiger partial charge in [0, 0.05) is 25.1 Å². The van der Waals surface area contributed by atoms with Crippen molar-refractivity contribution in [3.63, 3.8) is 0 Å². The smallest absolute Gasteiger partial charge is 0.290 e. The van der Waals surface area contributed by atoms with Crippen LogP contribution < -0.4 is 0 Å². The van der Waals surface area contributed by atoms with Crippen LogP contribution >= 0.6 is 0 Å². The fourth-order valence-electron chi connectivity index (χ4n) is 2.91. The number of aryl methyl sites for hydroxylation is 2. The van der Waals surface area contributed by atoms with Crippen molar-refractivity contribution in [1.29, 1.82) is 0 Å². The zero-order valence-electron chi connectivity index (χ0n) is 13.3. The molecule has 0 radical (unpaired) electrons. The van der Waals surface area contributed by atoms with Gasteiger partial charge < -0.3 is 14.1 Å². The SMILES string of the molecule is Cc1cc(C)c(C(=O)N2CCO[C@@H](Cc3ccc(F)cc3)C2)o1. The van der Waals surface area contributed by atoms with Crippen molar-refractivity contribution < 1.29 is 18.3 Å². The number of hydrogen-bond donors (Lipinski definition) is 0. The van der Waals surface area contributed by atoms with E-state index in [1.807, 2.05) is 19.9 Å². The van der Waals surface area contributed by atoms with E-state index in [9.17, 15) is 9.18 Å². The zero-order chi connectivity index (χ0) is 16.4. The first-order valence-corrected chi connectivity index (χ1v) is 7.75. The van der Waals surface area contributed by atoms with Crippen molar-refractivity contribution in [3.8, 4) is 0 Å². The molecule has 0 unspecified atom stereocenters. The second kappa shape index (κ2) is 6.54. The van der Waals surface area contributed by atoms with Crippen LogP contribution in [0.25, 0.3) is 0 Å². The highest BCUT2D eigenvalue weighted by molar-refractivity contribution is 5.93. The molecule has 0 saturated carbocycles. The van der Waals surface area contributed by atoms with Gasteiger partial charge in [-0.3, -0.25) is 4.79 Å². The van der Waals surface area contributed by atoms with Crippen LogP contribution in [0.4, 0.5) is 4.39 Å². The molecule has 5 heteroatoms. The molecule has 1 amide bonds. The van der Waals surface area contributed by atoms with Crippen LogP contribution in [0.1, 0.15) is 27.4 Å². The molecule has 1 aromatic carbocycles.